The third-order valence-electron chi connectivity index (χ3n) is 5.00. The lowest BCUT2D eigenvalue weighted by atomic mass is 10.1. The Bertz CT molecular complexity index is 1150. The lowest BCUT2D eigenvalue weighted by Crippen LogP contribution is -2.33. The van der Waals surface area contributed by atoms with E-state index in [1.165, 1.54) is 17.9 Å². The van der Waals surface area contributed by atoms with Crippen LogP contribution in [0.2, 0.25) is 0 Å². The number of hydrogen-bond acceptors (Lipinski definition) is 5. The number of anilines is 1. The molecule has 1 N–H and O–H groups in total. The van der Waals surface area contributed by atoms with Crippen molar-refractivity contribution in [2.75, 3.05) is 31.3 Å². The summed E-state index contributed by atoms with van der Waals surface area (Å²) in [6.07, 6.45) is 2.40. The van der Waals surface area contributed by atoms with Gasteiger partial charge in [0.25, 0.3) is 0 Å². The molecule has 4 rings (SSSR count). The van der Waals surface area contributed by atoms with Crippen LogP contribution in [-0.4, -0.2) is 53.9 Å². The van der Waals surface area contributed by atoms with Crippen molar-refractivity contribution in [1.29, 1.82) is 0 Å². The fourth-order valence-electron chi connectivity index (χ4n) is 3.51. The molecule has 0 bridgehead atoms. The van der Waals surface area contributed by atoms with Crippen LogP contribution in [0.25, 0.3) is 16.8 Å². The first-order valence-electron chi connectivity index (χ1n) is 10.1. The zero-order chi connectivity index (χ0) is 22.7. The van der Waals surface area contributed by atoms with Crippen LogP contribution in [0.1, 0.15) is 12.6 Å². The van der Waals surface area contributed by atoms with Gasteiger partial charge >= 0.3 is 6.09 Å². The van der Waals surface area contributed by atoms with Gasteiger partial charge in [-0.15, -0.1) is 0 Å². The molecule has 2 amide bonds. The molecule has 3 heterocycles. The number of rotatable bonds is 8. The van der Waals surface area contributed by atoms with Crippen LogP contribution in [0.3, 0.4) is 0 Å². The first kappa shape index (κ1) is 21.7. The maximum absolute atomic E-state index is 15.0. The fraction of sp³-hybridized carbons (Fsp3) is 0.318. The number of nitrogens with one attached hydrogen (secondary N) is 1. The van der Waals surface area contributed by atoms with Crippen molar-refractivity contribution in [2.45, 2.75) is 19.6 Å². The number of fused-ring (bicyclic) bond motifs is 1. The average Bonchev–Trinajstić information content (AvgIpc) is 3.34. The molecule has 1 aliphatic rings. The summed E-state index contributed by atoms with van der Waals surface area (Å²) in [5, 5.41) is 2.60. The molecule has 10 heteroatoms. The second-order valence-electron chi connectivity index (χ2n) is 7.37. The number of pyridine rings is 1. The van der Waals surface area contributed by atoms with Gasteiger partial charge in [-0.1, -0.05) is 0 Å². The van der Waals surface area contributed by atoms with Crippen molar-refractivity contribution in [3.05, 3.63) is 54.2 Å². The van der Waals surface area contributed by atoms with Gasteiger partial charge in [-0.3, -0.25) is 9.69 Å². The number of ether oxygens (including phenoxy) is 2. The van der Waals surface area contributed by atoms with E-state index in [0.29, 0.717) is 28.2 Å². The van der Waals surface area contributed by atoms with Crippen LogP contribution in [0, 0.1) is 5.82 Å². The molecule has 32 heavy (non-hydrogen) atoms. The molecule has 8 nitrogen and oxygen atoms in total. The molecule has 1 atom stereocenters. The normalized spacial score (nSPS) is 15.9. The predicted octanol–water partition coefficient (Wildman–Crippen LogP) is 3.09. The zero-order valence-corrected chi connectivity index (χ0v) is 17.4. The van der Waals surface area contributed by atoms with E-state index < -0.39 is 24.7 Å². The van der Waals surface area contributed by atoms with E-state index in [0.717, 1.165) is 0 Å². The topological polar surface area (TPSA) is 85.2 Å². The number of nitrogens with zero attached hydrogens (tertiary/aromatic N) is 3. The van der Waals surface area contributed by atoms with Crippen LogP contribution in [0.5, 0.6) is 0 Å². The number of amides is 2. The Morgan fingerprint density at radius 2 is 2.16 bits per heavy atom. The SMILES string of the molecule is CC(=O)NC[C@H]1CN(c2ccc(-c3ccc4nc(COCCF)cn4c3)c(F)c2)C(=O)O1. The molecule has 168 valence electrons. The van der Waals surface area contributed by atoms with Gasteiger partial charge in [-0.05, 0) is 30.3 Å². The lowest BCUT2D eigenvalue weighted by Gasteiger charge is -2.14. The first-order valence-corrected chi connectivity index (χ1v) is 10.1. The van der Waals surface area contributed by atoms with Crippen molar-refractivity contribution < 1.29 is 27.8 Å². The number of cyclic esters (lactones) is 1. The van der Waals surface area contributed by atoms with Crippen molar-refractivity contribution >= 4 is 23.3 Å². The number of aromatic nitrogens is 2. The highest BCUT2D eigenvalue weighted by atomic mass is 19.1. The standard InChI is InChI=1S/C22H22F2N4O4/c1-14(29)25-9-18-12-28(22(30)32-18)17-3-4-19(20(24)8-17)15-2-5-21-26-16(11-27(21)10-15)13-31-7-6-23/h2-5,8,10-11,18H,6-7,9,12-13H2,1H3,(H,25,29)/t18-/m0/s1. The third-order valence-corrected chi connectivity index (χ3v) is 5.00. The second kappa shape index (κ2) is 9.31. The molecule has 1 fully saturated rings. The quantitative estimate of drug-likeness (QED) is 0.540. The van der Waals surface area contributed by atoms with Crippen LogP contribution in [0.4, 0.5) is 19.3 Å². The smallest absolute Gasteiger partial charge is 0.414 e. The summed E-state index contributed by atoms with van der Waals surface area (Å²) < 4.78 is 39.3. The van der Waals surface area contributed by atoms with Gasteiger partial charge in [0.05, 0.1) is 37.7 Å². The van der Waals surface area contributed by atoms with Gasteiger partial charge in [-0.25, -0.2) is 18.6 Å². The monoisotopic (exact) mass is 444 g/mol. The van der Waals surface area contributed by atoms with Crippen LogP contribution < -0.4 is 10.2 Å². The van der Waals surface area contributed by atoms with Crippen LogP contribution >= 0.6 is 0 Å². The van der Waals surface area contributed by atoms with E-state index in [1.54, 1.807) is 41.1 Å². The summed E-state index contributed by atoms with van der Waals surface area (Å²) >= 11 is 0. The van der Waals surface area contributed by atoms with Crippen LogP contribution in [-0.2, 0) is 20.9 Å². The van der Waals surface area contributed by atoms with E-state index >= 15 is 0 Å². The Morgan fingerprint density at radius 1 is 1.31 bits per heavy atom. The minimum atomic E-state index is -0.588. The lowest BCUT2D eigenvalue weighted by molar-refractivity contribution is -0.119. The second-order valence-corrected chi connectivity index (χ2v) is 7.37. The van der Waals surface area contributed by atoms with E-state index in [4.69, 9.17) is 9.47 Å². The van der Waals surface area contributed by atoms with Crippen molar-refractivity contribution in [3.63, 3.8) is 0 Å². The molecule has 1 aliphatic heterocycles. The first-order chi connectivity index (χ1) is 15.4. The van der Waals surface area contributed by atoms with E-state index in [9.17, 15) is 18.4 Å². The molecule has 3 aromatic rings. The Kier molecular flexibility index (Phi) is 6.31. The summed E-state index contributed by atoms with van der Waals surface area (Å²) in [5.41, 5.74) is 2.67. The Balaban J connectivity index is 1.51. The van der Waals surface area contributed by atoms with Gasteiger partial charge in [0.2, 0.25) is 5.91 Å². The number of carbonyl (C=O) groups excluding carboxylic acids is 2. The average molecular weight is 444 g/mol. The van der Waals surface area contributed by atoms with Gasteiger partial charge < -0.3 is 19.2 Å². The molecular weight excluding hydrogens is 422 g/mol. The summed E-state index contributed by atoms with van der Waals surface area (Å²) in [7, 11) is 0. The van der Waals surface area contributed by atoms with Crippen molar-refractivity contribution in [3.8, 4) is 11.1 Å². The number of benzene rings is 1. The summed E-state index contributed by atoms with van der Waals surface area (Å²) in [6, 6.07) is 8.04. The molecular formula is C22H22F2N4O4. The summed E-state index contributed by atoms with van der Waals surface area (Å²) in [4.78, 5) is 28.9. The Labute approximate surface area is 182 Å². The Hall–Kier alpha value is -3.53. The minimum Gasteiger partial charge on any atom is -0.442 e. The summed E-state index contributed by atoms with van der Waals surface area (Å²) in [6.45, 7) is 1.44. The Morgan fingerprint density at radius 3 is 2.91 bits per heavy atom. The van der Waals surface area contributed by atoms with E-state index in [1.807, 2.05) is 0 Å². The highest BCUT2D eigenvalue weighted by Crippen LogP contribution is 2.29. The maximum Gasteiger partial charge on any atom is 0.414 e. The molecule has 0 radical (unpaired) electrons. The van der Waals surface area contributed by atoms with Gasteiger partial charge in [0.1, 0.15) is 24.2 Å². The predicted molar refractivity (Wildman–Crippen MR) is 113 cm³/mol. The number of alkyl halides is 1. The number of hydrogen-bond donors (Lipinski definition) is 1. The highest BCUT2D eigenvalue weighted by molar-refractivity contribution is 5.90. The molecule has 1 saturated heterocycles. The number of imidazole rings is 1. The van der Waals surface area contributed by atoms with Crippen molar-refractivity contribution in [1.82, 2.24) is 14.7 Å². The maximum atomic E-state index is 15.0. The van der Waals surface area contributed by atoms with Gasteiger partial charge in [0, 0.05) is 30.4 Å². The zero-order valence-electron chi connectivity index (χ0n) is 17.4. The number of carbonyl (C=O) groups is 2. The molecule has 2 aromatic heterocycles. The van der Waals surface area contributed by atoms with E-state index in [2.05, 4.69) is 10.3 Å². The molecule has 0 unspecified atom stereocenters. The minimum absolute atomic E-state index is 0.00916. The van der Waals surface area contributed by atoms with Gasteiger partial charge in [0.15, 0.2) is 0 Å². The fourth-order valence-corrected chi connectivity index (χ4v) is 3.51. The van der Waals surface area contributed by atoms with Gasteiger partial charge in [-0.2, -0.15) is 0 Å². The van der Waals surface area contributed by atoms with Crippen LogP contribution in [0.15, 0.2) is 42.7 Å². The van der Waals surface area contributed by atoms with Crippen molar-refractivity contribution in [2.24, 2.45) is 0 Å². The van der Waals surface area contributed by atoms with E-state index in [-0.39, 0.29) is 32.2 Å². The largest absolute Gasteiger partial charge is 0.442 e. The molecule has 0 aliphatic carbocycles. The molecule has 1 aromatic carbocycles. The highest BCUT2D eigenvalue weighted by Gasteiger charge is 2.32. The summed E-state index contributed by atoms with van der Waals surface area (Å²) in [5.74, 6) is -0.712. The molecule has 0 spiro atoms. The number of halogens is 2. The third kappa shape index (κ3) is 4.70. The molecule has 0 saturated carbocycles.